The van der Waals surface area contributed by atoms with Crippen LogP contribution in [-0.2, 0) is 15.1 Å². The lowest BCUT2D eigenvalue weighted by atomic mass is 10.0. The Bertz CT molecular complexity index is 547. The minimum Gasteiger partial charge on any atom is -0.396 e. The average molecular weight is 308 g/mol. The van der Waals surface area contributed by atoms with Gasteiger partial charge in [0.1, 0.15) is 5.54 Å². The number of nitrogens with zero attached hydrogens (tertiary/aromatic N) is 4. The van der Waals surface area contributed by atoms with Crippen molar-refractivity contribution in [2.75, 3.05) is 45.5 Å². The van der Waals surface area contributed by atoms with Gasteiger partial charge in [0.15, 0.2) is 0 Å². The Kier molecular flexibility index (Phi) is 4.70. The highest BCUT2D eigenvalue weighted by Gasteiger charge is 2.34. The Morgan fingerprint density at radius 2 is 2.05 bits per heavy atom. The maximum absolute atomic E-state index is 12.6. The van der Waals surface area contributed by atoms with Crippen LogP contribution in [0.15, 0.2) is 12.4 Å². The van der Waals surface area contributed by atoms with E-state index in [1.807, 2.05) is 0 Å². The minimum absolute atomic E-state index is 0.0341. The molecule has 1 aromatic rings. The summed E-state index contributed by atoms with van der Waals surface area (Å²) < 4.78 is 1.52. The first kappa shape index (κ1) is 16.3. The SMILES string of the molecule is CN(CC(=O)N1CCNCC1)C(=O)C(C)(C)n1cc(N)cn1. The summed E-state index contributed by atoms with van der Waals surface area (Å²) in [5.74, 6) is -0.216. The van der Waals surface area contributed by atoms with Crippen molar-refractivity contribution in [3.63, 3.8) is 0 Å². The van der Waals surface area contributed by atoms with Crippen LogP contribution in [0.4, 0.5) is 5.69 Å². The second-order valence-corrected chi connectivity index (χ2v) is 6.07. The first-order valence-corrected chi connectivity index (χ1v) is 7.37. The number of nitrogens with one attached hydrogen (secondary N) is 1. The van der Waals surface area contributed by atoms with E-state index >= 15 is 0 Å². The summed E-state index contributed by atoms with van der Waals surface area (Å²) in [6, 6.07) is 0. The van der Waals surface area contributed by atoms with E-state index in [2.05, 4.69) is 10.4 Å². The highest BCUT2D eigenvalue weighted by Crippen LogP contribution is 2.18. The number of nitrogen functional groups attached to an aromatic ring is 1. The van der Waals surface area contributed by atoms with Gasteiger partial charge in [-0.15, -0.1) is 0 Å². The van der Waals surface area contributed by atoms with Crippen molar-refractivity contribution < 1.29 is 9.59 Å². The van der Waals surface area contributed by atoms with Gasteiger partial charge in [-0.25, -0.2) is 0 Å². The topological polar surface area (TPSA) is 96.5 Å². The van der Waals surface area contributed by atoms with Gasteiger partial charge in [-0.1, -0.05) is 0 Å². The monoisotopic (exact) mass is 308 g/mol. The van der Waals surface area contributed by atoms with Gasteiger partial charge in [-0.05, 0) is 13.8 Å². The number of carbonyl (C=O) groups excluding carboxylic acids is 2. The molecule has 2 heterocycles. The number of carbonyl (C=O) groups is 2. The molecule has 1 aliphatic heterocycles. The number of amides is 2. The largest absolute Gasteiger partial charge is 0.396 e. The third kappa shape index (κ3) is 3.38. The van der Waals surface area contributed by atoms with Gasteiger partial charge in [0.05, 0.1) is 18.4 Å². The predicted molar refractivity (Wildman–Crippen MR) is 83.0 cm³/mol. The molecule has 1 saturated heterocycles. The fourth-order valence-electron chi connectivity index (χ4n) is 2.50. The number of piperazine rings is 1. The normalized spacial score (nSPS) is 15.7. The number of likely N-dealkylation sites (N-methyl/N-ethyl adjacent to an activating group) is 1. The van der Waals surface area contributed by atoms with Crippen LogP contribution >= 0.6 is 0 Å². The van der Waals surface area contributed by atoms with E-state index < -0.39 is 5.54 Å². The summed E-state index contributed by atoms with van der Waals surface area (Å²) in [6.45, 7) is 6.53. The Morgan fingerprint density at radius 3 is 2.59 bits per heavy atom. The van der Waals surface area contributed by atoms with Crippen molar-refractivity contribution in [1.29, 1.82) is 0 Å². The van der Waals surface area contributed by atoms with Crippen molar-refractivity contribution in [2.45, 2.75) is 19.4 Å². The summed E-state index contributed by atoms with van der Waals surface area (Å²) in [6.07, 6.45) is 3.12. The molecule has 1 fully saturated rings. The molecule has 0 aliphatic carbocycles. The van der Waals surface area contributed by atoms with Crippen LogP contribution in [-0.4, -0.2) is 71.2 Å². The summed E-state index contributed by atoms with van der Waals surface area (Å²) in [5, 5.41) is 7.30. The van der Waals surface area contributed by atoms with Crippen molar-refractivity contribution in [3.05, 3.63) is 12.4 Å². The molecule has 2 rings (SSSR count). The van der Waals surface area contributed by atoms with Gasteiger partial charge in [-0.3, -0.25) is 14.3 Å². The summed E-state index contributed by atoms with van der Waals surface area (Å²) >= 11 is 0. The molecule has 0 spiro atoms. The zero-order valence-corrected chi connectivity index (χ0v) is 13.4. The number of hydrogen-bond acceptors (Lipinski definition) is 5. The van der Waals surface area contributed by atoms with Crippen molar-refractivity contribution in [1.82, 2.24) is 24.9 Å². The maximum Gasteiger partial charge on any atom is 0.250 e. The Balaban J connectivity index is 2.00. The molecule has 8 nitrogen and oxygen atoms in total. The van der Waals surface area contributed by atoms with E-state index in [4.69, 9.17) is 5.73 Å². The van der Waals surface area contributed by atoms with Gasteiger partial charge in [0.2, 0.25) is 11.8 Å². The third-order valence-electron chi connectivity index (χ3n) is 3.89. The first-order chi connectivity index (χ1) is 10.3. The molecule has 0 radical (unpaired) electrons. The third-order valence-corrected chi connectivity index (χ3v) is 3.89. The molecule has 0 aromatic carbocycles. The molecule has 22 heavy (non-hydrogen) atoms. The standard InChI is InChI=1S/C14H24N6O2/c1-14(2,20-9-11(15)8-17-20)13(22)18(3)10-12(21)19-6-4-16-5-7-19/h8-9,16H,4-7,10,15H2,1-3H3. The second-order valence-electron chi connectivity index (χ2n) is 6.07. The van der Waals surface area contributed by atoms with Crippen molar-refractivity contribution in [2.24, 2.45) is 0 Å². The van der Waals surface area contributed by atoms with Gasteiger partial charge in [0, 0.05) is 39.4 Å². The van der Waals surface area contributed by atoms with Crippen LogP contribution in [0.2, 0.25) is 0 Å². The van der Waals surface area contributed by atoms with Crippen LogP contribution in [0.1, 0.15) is 13.8 Å². The fraction of sp³-hybridized carbons (Fsp3) is 0.643. The maximum atomic E-state index is 12.6. The fourth-order valence-corrected chi connectivity index (χ4v) is 2.50. The van der Waals surface area contributed by atoms with E-state index in [1.165, 1.54) is 15.8 Å². The molecule has 2 amide bonds. The quantitative estimate of drug-likeness (QED) is 0.751. The van der Waals surface area contributed by atoms with Crippen molar-refractivity contribution >= 4 is 17.5 Å². The first-order valence-electron chi connectivity index (χ1n) is 7.37. The van der Waals surface area contributed by atoms with Gasteiger partial charge >= 0.3 is 0 Å². The number of anilines is 1. The average Bonchev–Trinajstić information content (AvgIpc) is 2.94. The van der Waals surface area contributed by atoms with Gasteiger partial charge < -0.3 is 20.9 Å². The van der Waals surface area contributed by atoms with Crippen LogP contribution in [0, 0.1) is 0 Å². The lowest BCUT2D eigenvalue weighted by Gasteiger charge is -2.32. The molecule has 8 heteroatoms. The highest BCUT2D eigenvalue weighted by molar-refractivity contribution is 5.88. The van der Waals surface area contributed by atoms with E-state index in [9.17, 15) is 9.59 Å². The van der Waals surface area contributed by atoms with Crippen LogP contribution in [0.3, 0.4) is 0 Å². The van der Waals surface area contributed by atoms with Crippen LogP contribution < -0.4 is 11.1 Å². The zero-order valence-electron chi connectivity index (χ0n) is 13.4. The molecule has 1 aliphatic rings. The Hall–Kier alpha value is -2.09. The molecule has 122 valence electrons. The highest BCUT2D eigenvalue weighted by atomic mass is 16.2. The lowest BCUT2D eigenvalue weighted by molar-refractivity contribution is -0.144. The zero-order chi connectivity index (χ0) is 16.3. The molecule has 0 bridgehead atoms. The summed E-state index contributed by atoms with van der Waals surface area (Å²) in [5.41, 5.74) is 5.26. The number of nitrogens with two attached hydrogens (primary N) is 1. The second kappa shape index (κ2) is 6.35. The Morgan fingerprint density at radius 1 is 1.41 bits per heavy atom. The summed E-state index contributed by atoms with van der Waals surface area (Å²) in [4.78, 5) is 28.1. The number of hydrogen-bond donors (Lipinski definition) is 2. The molecule has 0 saturated carbocycles. The molecule has 0 unspecified atom stereocenters. The van der Waals surface area contributed by atoms with E-state index in [-0.39, 0.29) is 18.4 Å². The molecular weight excluding hydrogens is 284 g/mol. The summed E-state index contributed by atoms with van der Waals surface area (Å²) in [7, 11) is 1.64. The molecule has 3 N–H and O–H groups in total. The lowest BCUT2D eigenvalue weighted by Crippen LogP contribution is -2.52. The molecular formula is C14H24N6O2. The van der Waals surface area contributed by atoms with Crippen LogP contribution in [0.5, 0.6) is 0 Å². The molecule has 0 atom stereocenters. The smallest absolute Gasteiger partial charge is 0.250 e. The number of aromatic nitrogens is 2. The predicted octanol–water partition coefficient (Wildman–Crippen LogP) is -0.909. The Labute approximate surface area is 130 Å². The minimum atomic E-state index is -0.893. The van der Waals surface area contributed by atoms with Gasteiger partial charge in [0.25, 0.3) is 0 Å². The molecule has 1 aromatic heterocycles. The van der Waals surface area contributed by atoms with Crippen molar-refractivity contribution in [3.8, 4) is 0 Å². The van der Waals surface area contributed by atoms with Crippen LogP contribution in [0.25, 0.3) is 0 Å². The van der Waals surface area contributed by atoms with E-state index in [1.54, 1.807) is 32.0 Å². The number of rotatable bonds is 4. The van der Waals surface area contributed by atoms with Gasteiger partial charge in [-0.2, -0.15) is 5.10 Å². The van der Waals surface area contributed by atoms with E-state index in [0.717, 1.165) is 13.1 Å². The van der Waals surface area contributed by atoms with E-state index in [0.29, 0.717) is 18.8 Å².